The number of thiophene rings is 1. The molecule has 3 nitrogen and oxygen atoms in total. The molecule has 3 rings (SSSR count). The molecule has 1 atom stereocenters. The quantitative estimate of drug-likeness (QED) is 0.566. The average Bonchev–Trinajstić information content (AvgIpc) is 2.80. The Hall–Kier alpha value is -1.16. The Kier molecular flexibility index (Phi) is 1.77. The van der Waals surface area contributed by atoms with Crippen molar-refractivity contribution in [1.82, 2.24) is 0 Å². The van der Waals surface area contributed by atoms with Crippen molar-refractivity contribution in [3.8, 4) is 0 Å². The van der Waals surface area contributed by atoms with E-state index in [0.717, 1.165) is 17.7 Å². The van der Waals surface area contributed by atoms with Crippen LogP contribution in [-0.4, -0.2) is 11.9 Å². The van der Waals surface area contributed by atoms with Gasteiger partial charge in [-0.1, -0.05) is 6.07 Å². The molecule has 1 aliphatic carbocycles. The minimum absolute atomic E-state index is 0.233. The van der Waals surface area contributed by atoms with Gasteiger partial charge >= 0.3 is 11.9 Å². The standard InChI is InChI=1S/C11H10O3S/c12-9-6-11(7-3-4-7,10(13)14-9)8-2-1-5-15-8/h1-2,5,7H,3-4,6H2. The lowest BCUT2D eigenvalue weighted by Crippen LogP contribution is -2.33. The van der Waals surface area contributed by atoms with Gasteiger partial charge in [-0.2, -0.15) is 0 Å². The smallest absolute Gasteiger partial charge is 0.325 e. The van der Waals surface area contributed by atoms with Crippen LogP contribution < -0.4 is 0 Å². The normalized spacial score (nSPS) is 30.7. The Labute approximate surface area is 91.1 Å². The van der Waals surface area contributed by atoms with E-state index < -0.39 is 5.41 Å². The fourth-order valence-electron chi connectivity index (χ4n) is 2.34. The summed E-state index contributed by atoms with van der Waals surface area (Å²) in [4.78, 5) is 24.1. The van der Waals surface area contributed by atoms with E-state index in [-0.39, 0.29) is 18.4 Å². The number of hydrogen-bond acceptors (Lipinski definition) is 4. The molecule has 1 aromatic heterocycles. The molecule has 4 heteroatoms. The van der Waals surface area contributed by atoms with Crippen molar-refractivity contribution < 1.29 is 14.3 Å². The Morgan fingerprint density at radius 2 is 2.20 bits per heavy atom. The molecule has 0 aromatic carbocycles. The Morgan fingerprint density at radius 1 is 1.40 bits per heavy atom. The summed E-state index contributed by atoms with van der Waals surface area (Å²) in [5.74, 6) is -0.396. The molecule has 0 N–H and O–H groups in total. The molecule has 1 aliphatic heterocycles. The molecule has 0 spiro atoms. The van der Waals surface area contributed by atoms with E-state index in [9.17, 15) is 9.59 Å². The van der Waals surface area contributed by atoms with Crippen LogP contribution in [0.2, 0.25) is 0 Å². The van der Waals surface area contributed by atoms with Crippen molar-refractivity contribution in [3.63, 3.8) is 0 Å². The number of carbonyl (C=O) groups excluding carboxylic acids is 2. The minimum atomic E-state index is -0.634. The van der Waals surface area contributed by atoms with Crippen molar-refractivity contribution in [3.05, 3.63) is 22.4 Å². The van der Waals surface area contributed by atoms with E-state index in [1.54, 1.807) is 11.3 Å². The predicted octanol–water partition coefficient (Wildman–Crippen LogP) is 1.87. The highest BCUT2D eigenvalue weighted by Crippen LogP contribution is 2.53. The van der Waals surface area contributed by atoms with Gasteiger partial charge in [0.2, 0.25) is 0 Å². The second-order valence-electron chi connectivity index (χ2n) is 4.16. The zero-order valence-electron chi connectivity index (χ0n) is 8.06. The molecule has 15 heavy (non-hydrogen) atoms. The lowest BCUT2D eigenvalue weighted by molar-refractivity contribution is -0.153. The van der Waals surface area contributed by atoms with Crippen LogP contribution >= 0.6 is 11.3 Å². The van der Waals surface area contributed by atoms with E-state index in [0.29, 0.717) is 5.92 Å². The van der Waals surface area contributed by atoms with Crippen LogP contribution in [0.5, 0.6) is 0 Å². The summed E-state index contributed by atoms with van der Waals surface area (Å²) in [7, 11) is 0. The zero-order chi connectivity index (χ0) is 10.5. The summed E-state index contributed by atoms with van der Waals surface area (Å²) in [6, 6.07) is 3.85. The van der Waals surface area contributed by atoms with E-state index in [2.05, 4.69) is 0 Å². The molecule has 2 fully saturated rings. The Bertz CT molecular complexity index is 419. The molecule has 1 unspecified atom stereocenters. The first-order chi connectivity index (χ1) is 7.23. The summed E-state index contributed by atoms with van der Waals surface area (Å²) in [6.07, 6.45) is 2.29. The van der Waals surface area contributed by atoms with Crippen LogP contribution in [0.15, 0.2) is 17.5 Å². The largest absolute Gasteiger partial charge is 0.392 e. The molecular formula is C11H10O3S. The summed E-state index contributed by atoms with van der Waals surface area (Å²) in [5, 5.41) is 1.94. The summed E-state index contributed by atoms with van der Waals surface area (Å²) < 4.78 is 4.73. The van der Waals surface area contributed by atoms with Crippen LogP contribution in [0, 0.1) is 5.92 Å². The molecule has 0 amide bonds. The molecule has 0 radical (unpaired) electrons. The Morgan fingerprint density at radius 3 is 2.67 bits per heavy atom. The number of carbonyl (C=O) groups is 2. The summed E-state index contributed by atoms with van der Waals surface area (Å²) in [6.45, 7) is 0. The van der Waals surface area contributed by atoms with E-state index in [1.165, 1.54) is 0 Å². The van der Waals surface area contributed by atoms with Crippen molar-refractivity contribution in [2.45, 2.75) is 24.7 Å². The lowest BCUT2D eigenvalue weighted by atomic mass is 9.79. The van der Waals surface area contributed by atoms with Gasteiger partial charge in [0.05, 0.1) is 6.42 Å². The highest BCUT2D eigenvalue weighted by Gasteiger charge is 2.59. The van der Waals surface area contributed by atoms with Gasteiger partial charge in [0.25, 0.3) is 0 Å². The van der Waals surface area contributed by atoms with Gasteiger partial charge in [-0.25, -0.2) is 0 Å². The number of hydrogen-bond donors (Lipinski definition) is 0. The highest BCUT2D eigenvalue weighted by atomic mass is 32.1. The van der Waals surface area contributed by atoms with E-state index >= 15 is 0 Å². The van der Waals surface area contributed by atoms with Gasteiger partial charge < -0.3 is 4.74 Å². The SMILES string of the molecule is O=C1CC(c2cccs2)(C2CC2)C(=O)O1. The molecule has 1 saturated carbocycles. The number of ether oxygens (including phenoxy) is 1. The van der Waals surface area contributed by atoms with E-state index in [1.807, 2.05) is 17.5 Å². The first kappa shape index (κ1) is 9.09. The van der Waals surface area contributed by atoms with Gasteiger partial charge in [-0.3, -0.25) is 9.59 Å². The summed E-state index contributed by atoms with van der Waals surface area (Å²) >= 11 is 1.54. The van der Waals surface area contributed by atoms with Crippen molar-refractivity contribution in [1.29, 1.82) is 0 Å². The van der Waals surface area contributed by atoms with Gasteiger partial charge in [0.1, 0.15) is 5.41 Å². The first-order valence-electron chi connectivity index (χ1n) is 5.02. The van der Waals surface area contributed by atoms with Gasteiger partial charge in [-0.05, 0) is 30.2 Å². The topological polar surface area (TPSA) is 43.4 Å². The van der Waals surface area contributed by atoms with Crippen molar-refractivity contribution in [2.24, 2.45) is 5.92 Å². The number of cyclic esters (lactones) is 2. The molecular weight excluding hydrogens is 212 g/mol. The van der Waals surface area contributed by atoms with Gasteiger partial charge in [-0.15, -0.1) is 11.3 Å². The average molecular weight is 222 g/mol. The number of rotatable bonds is 2. The van der Waals surface area contributed by atoms with Crippen molar-refractivity contribution in [2.75, 3.05) is 0 Å². The maximum atomic E-state index is 11.9. The highest BCUT2D eigenvalue weighted by molar-refractivity contribution is 7.10. The molecule has 78 valence electrons. The molecule has 0 bridgehead atoms. The predicted molar refractivity (Wildman–Crippen MR) is 54.4 cm³/mol. The Balaban J connectivity index is 2.10. The zero-order valence-corrected chi connectivity index (χ0v) is 8.88. The van der Waals surface area contributed by atoms with Crippen LogP contribution in [-0.2, 0) is 19.7 Å². The monoisotopic (exact) mass is 222 g/mol. The third-order valence-electron chi connectivity index (χ3n) is 3.23. The third kappa shape index (κ3) is 1.17. The second-order valence-corrected chi connectivity index (χ2v) is 5.11. The maximum absolute atomic E-state index is 11.9. The van der Waals surface area contributed by atoms with E-state index in [4.69, 9.17) is 4.74 Å². The first-order valence-corrected chi connectivity index (χ1v) is 5.90. The van der Waals surface area contributed by atoms with Gasteiger partial charge in [0.15, 0.2) is 0 Å². The minimum Gasteiger partial charge on any atom is -0.392 e. The molecule has 1 aromatic rings. The molecule has 2 aliphatic rings. The maximum Gasteiger partial charge on any atom is 0.325 e. The fourth-order valence-corrected chi connectivity index (χ4v) is 3.33. The van der Waals surface area contributed by atoms with Crippen LogP contribution in [0.3, 0.4) is 0 Å². The van der Waals surface area contributed by atoms with Crippen LogP contribution in [0.25, 0.3) is 0 Å². The fraction of sp³-hybridized carbons (Fsp3) is 0.455. The molecule has 2 heterocycles. The molecule has 1 saturated heterocycles. The lowest BCUT2D eigenvalue weighted by Gasteiger charge is -2.21. The van der Waals surface area contributed by atoms with Crippen LogP contribution in [0.1, 0.15) is 24.1 Å². The third-order valence-corrected chi connectivity index (χ3v) is 4.28. The summed E-state index contributed by atoms with van der Waals surface area (Å²) in [5.41, 5.74) is -0.634. The van der Waals surface area contributed by atoms with Gasteiger partial charge in [0, 0.05) is 4.88 Å². The van der Waals surface area contributed by atoms with Crippen LogP contribution in [0.4, 0.5) is 0 Å². The van der Waals surface area contributed by atoms with Crippen molar-refractivity contribution >= 4 is 23.3 Å². The second kappa shape index (κ2) is 2.92. The number of esters is 2.